The third kappa shape index (κ3) is 12.4. The third-order valence-electron chi connectivity index (χ3n) is 16.2. The molecule has 440 valence electrons. The molecule has 0 radical (unpaired) electrons. The molecule has 6 atom stereocenters. The normalized spacial score (nSPS) is 21.1. The van der Waals surface area contributed by atoms with Gasteiger partial charge in [-0.3, -0.25) is 19.2 Å². The second kappa shape index (κ2) is 24.6. The average Bonchev–Trinajstić information content (AvgIpc) is 3.47. The van der Waals surface area contributed by atoms with Crippen molar-refractivity contribution in [3.05, 3.63) is 90.5 Å². The van der Waals surface area contributed by atoms with E-state index in [2.05, 4.69) is 29.1 Å². The number of carbonyl (C=O) groups is 7. The van der Waals surface area contributed by atoms with Crippen molar-refractivity contribution in [3.63, 3.8) is 0 Å². The minimum absolute atomic E-state index is 0.0352. The van der Waals surface area contributed by atoms with E-state index in [9.17, 15) is 43.8 Å². The maximum absolute atomic E-state index is 14.4. The van der Waals surface area contributed by atoms with Crippen LogP contribution in [-0.4, -0.2) is 152 Å². The van der Waals surface area contributed by atoms with Gasteiger partial charge in [0, 0.05) is 30.9 Å². The Labute approximate surface area is 475 Å². The van der Waals surface area contributed by atoms with Gasteiger partial charge in [-0.1, -0.05) is 51.3 Å². The van der Waals surface area contributed by atoms with Gasteiger partial charge in [0.25, 0.3) is 11.8 Å². The highest BCUT2D eigenvalue weighted by Gasteiger charge is 2.59. The maximum atomic E-state index is 14.4. The Morgan fingerprint density at radius 3 is 1.61 bits per heavy atom. The van der Waals surface area contributed by atoms with Gasteiger partial charge in [0.2, 0.25) is 11.8 Å². The number of carbonyl (C=O) groups excluding carboxylic acids is 7. The predicted octanol–water partition coefficient (Wildman–Crippen LogP) is 6.64. The van der Waals surface area contributed by atoms with Gasteiger partial charge in [-0.25, -0.2) is 24.2 Å². The van der Waals surface area contributed by atoms with Crippen molar-refractivity contribution in [2.45, 2.75) is 122 Å². The minimum atomic E-state index is -1.47. The fourth-order valence-corrected chi connectivity index (χ4v) is 11.3. The van der Waals surface area contributed by atoms with Gasteiger partial charge in [0.1, 0.15) is 31.9 Å². The quantitative estimate of drug-likeness (QED) is 0.0401. The van der Waals surface area contributed by atoms with Gasteiger partial charge in [0.05, 0.1) is 62.0 Å². The lowest BCUT2D eigenvalue weighted by Crippen LogP contribution is -2.53. The van der Waals surface area contributed by atoms with E-state index in [1.54, 1.807) is 47.9 Å². The highest BCUT2D eigenvalue weighted by molar-refractivity contribution is 6.07. The van der Waals surface area contributed by atoms with E-state index in [1.807, 2.05) is 0 Å². The van der Waals surface area contributed by atoms with Crippen LogP contribution in [0.2, 0.25) is 0 Å². The van der Waals surface area contributed by atoms with Crippen LogP contribution in [-0.2, 0) is 30.4 Å². The number of nitrogens with zero attached hydrogens (tertiary/aromatic N) is 4. The zero-order valence-electron chi connectivity index (χ0n) is 46.9. The number of benzene rings is 3. The highest BCUT2D eigenvalue weighted by atomic mass is 16.6. The fourth-order valence-electron chi connectivity index (χ4n) is 11.3. The summed E-state index contributed by atoms with van der Waals surface area (Å²) in [7, 11) is 2.90. The number of aliphatic hydroxyl groups excluding tert-OH is 2. The van der Waals surface area contributed by atoms with Crippen molar-refractivity contribution in [1.29, 1.82) is 0 Å². The number of ether oxygens (including phenoxy) is 7. The van der Waals surface area contributed by atoms with Crippen molar-refractivity contribution in [1.82, 2.24) is 20.4 Å². The summed E-state index contributed by atoms with van der Waals surface area (Å²) >= 11 is 0. The molecule has 3 aromatic rings. The molecule has 0 aromatic heterocycles. The summed E-state index contributed by atoms with van der Waals surface area (Å²) in [5.41, 5.74) is 1.27. The standard InChI is InChI=1S/C59H73N7O16/c1-8-21-80-55(73)62-48(34(3)4)50(68)60-35(5)49(67)61-37-15-13-36(14-16-37)31-82-57(75)66-41-28-47(45(77-7)26-39(41)52(70)64-33-59(19-20-59)30-43(64)54(66)72)79-24-12-10-11-23-78-46-27-40-38(25-44(46)76-6)51(69)63-32-58(17-18-58)29-42(63)53(71)65(40)56(74)81-22-9-2/h8-9,13-16,25-28,34-35,42-43,48,53-54,71-72H,1-2,10-12,17-24,29-33H2,3-7H3,(H,60,68)(H,61,67)(H,62,73)/t35?,42-,43-,48?,53?,54?/m0/s1. The second-order valence-corrected chi connectivity index (χ2v) is 22.4. The maximum Gasteiger partial charge on any atom is 0.416 e. The third-order valence-corrected chi connectivity index (χ3v) is 16.2. The molecule has 9 rings (SSSR count). The molecule has 4 fully saturated rings. The van der Waals surface area contributed by atoms with Crippen molar-refractivity contribution in [2.24, 2.45) is 16.7 Å². The van der Waals surface area contributed by atoms with E-state index in [4.69, 9.17) is 33.2 Å². The van der Waals surface area contributed by atoms with Crippen LogP contribution in [0.4, 0.5) is 31.4 Å². The van der Waals surface area contributed by atoms with Gasteiger partial charge < -0.3 is 69.1 Å². The molecule has 2 spiro atoms. The number of aliphatic hydroxyl groups is 2. The molecule has 2 saturated heterocycles. The first-order valence-electron chi connectivity index (χ1n) is 27.8. The first-order chi connectivity index (χ1) is 39.3. The summed E-state index contributed by atoms with van der Waals surface area (Å²) in [5, 5.41) is 31.7. The summed E-state index contributed by atoms with van der Waals surface area (Å²) < 4.78 is 40.1. The Balaban J connectivity index is 0.827. The first kappa shape index (κ1) is 58.6. The highest BCUT2D eigenvalue weighted by Crippen LogP contribution is 2.58. The van der Waals surface area contributed by atoms with Crippen molar-refractivity contribution < 1.29 is 76.9 Å². The van der Waals surface area contributed by atoms with Crippen molar-refractivity contribution in [2.75, 3.05) is 68.9 Å². The van der Waals surface area contributed by atoms with Crippen molar-refractivity contribution in [3.8, 4) is 23.0 Å². The molecule has 82 heavy (non-hydrogen) atoms. The number of hydrogen-bond acceptors (Lipinski definition) is 16. The van der Waals surface area contributed by atoms with E-state index in [0.717, 1.165) is 35.5 Å². The molecule has 4 aliphatic heterocycles. The Morgan fingerprint density at radius 1 is 0.659 bits per heavy atom. The molecular weight excluding hydrogens is 1060 g/mol. The molecule has 2 aliphatic carbocycles. The van der Waals surface area contributed by atoms with Gasteiger partial charge in [0.15, 0.2) is 35.5 Å². The van der Waals surface area contributed by atoms with Gasteiger partial charge in [-0.15, -0.1) is 0 Å². The SMILES string of the molecule is C=CCOC(=O)NC(C(=O)NC(C)C(=O)Nc1ccc(COC(=O)N2c3cc(OCCCCCOc4cc5c(cc4OC)C(=O)N4CC6(CC6)C[C@H]4C(O)N5C(=O)OCC=C)c(OC)cc3C(=O)N3CC4(CC4)C[C@H]3C2O)cc1)C(C)C. The molecule has 23 heteroatoms. The molecular formula is C59H73N7O16. The Hall–Kier alpha value is -8.05. The van der Waals surface area contributed by atoms with Crippen LogP contribution < -0.4 is 44.7 Å². The predicted molar refractivity (Wildman–Crippen MR) is 298 cm³/mol. The molecule has 7 amide bonds. The number of hydrogen-bond donors (Lipinski definition) is 5. The fraction of sp³-hybridized carbons (Fsp3) is 0.508. The summed E-state index contributed by atoms with van der Waals surface area (Å²) in [6.07, 6.45) is 3.89. The molecule has 23 nitrogen and oxygen atoms in total. The van der Waals surface area contributed by atoms with Crippen LogP contribution >= 0.6 is 0 Å². The van der Waals surface area contributed by atoms with E-state index in [-0.39, 0.29) is 107 Å². The lowest BCUT2D eigenvalue weighted by molar-refractivity contribution is -0.128. The zero-order valence-corrected chi connectivity index (χ0v) is 46.9. The smallest absolute Gasteiger partial charge is 0.416 e. The number of amides is 7. The topological polar surface area (TPSA) is 274 Å². The zero-order chi connectivity index (χ0) is 58.6. The molecule has 4 heterocycles. The van der Waals surface area contributed by atoms with Crippen LogP contribution in [0.25, 0.3) is 0 Å². The number of fused-ring (bicyclic) bond motifs is 4. The first-order valence-corrected chi connectivity index (χ1v) is 27.8. The van der Waals surface area contributed by atoms with E-state index in [1.165, 1.54) is 57.6 Å². The Bertz CT molecular complexity index is 2960. The molecule has 3 aromatic carbocycles. The number of nitrogens with one attached hydrogen (secondary N) is 3. The van der Waals surface area contributed by atoms with Gasteiger partial charge >= 0.3 is 18.3 Å². The monoisotopic (exact) mass is 1140 g/mol. The number of rotatable bonds is 22. The molecule has 4 unspecified atom stereocenters. The molecule has 0 bridgehead atoms. The number of methoxy groups -OCH3 is 2. The van der Waals surface area contributed by atoms with Crippen molar-refractivity contribution >= 4 is 59.0 Å². The summed E-state index contributed by atoms with van der Waals surface area (Å²) in [4.78, 5) is 100. The molecule has 5 N–H and O–H groups in total. The lowest BCUT2D eigenvalue weighted by Gasteiger charge is -2.31. The molecule has 6 aliphatic rings. The summed E-state index contributed by atoms with van der Waals surface area (Å²) in [6, 6.07) is 9.27. The summed E-state index contributed by atoms with van der Waals surface area (Å²) in [6.45, 7) is 13.0. The second-order valence-electron chi connectivity index (χ2n) is 22.4. The number of alkyl carbamates (subject to hydrolysis) is 1. The van der Waals surface area contributed by atoms with Crippen LogP contribution in [0.3, 0.4) is 0 Å². The Morgan fingerprint density at radius 2 is 1.15 bits per heavy atom. The minimum Gasteiger partial charge on any atom is -0.493 e. The van der Waals surface area contributed by atoms with Gasteiger partial charge in [-0.05, 0) is 111 Å². The average molecular weight is 1140 g/mol. The molecule has 2 saturated carbocycles. The Kier molecular flexibility index (Phi) is 17.6. The van der Waals surface area contributed by atoms with Crippen LogP contribution in [0.15, 0.2) is 73.8 Å². The lowest BCUT2D eigenvalue weighted by atomic mass is 10.0. The van der Waals surface area contributed by atoms with Gasteiger partial charge in [-0.2, -0.15) is 0 Å². The van der Waals surface area contributed by atoms with Crippen LogP contribution in [0.1, 0.15) is 105 Å². The number of anilines is 3. The van der Waals surface area contributed by atoms with E-state index >= 15 is 0 Å². The number of unbranched alkanes of at least 4 members (excludes halogenated alkanes) is 2. The van der Waals surface area contributed by atoms with E-state index in [0.29, 0.717) is 56.4 Å². The largest absolute Gasteiger partial charge is 0.493 e. The van der Waals surface area contributed by atoms with Crippen LogP contribution in [0.5, 0.6) is 23.0 Å². The summed E-state index contributed by atoms with van der Waals surface area (Å²) in [5.74, 6) is -1.10. The van der Waals surface area contributed by atoms with Crippen LogP contribution in [0, 0.1) is 16.7 Å². The van der Waals surface area contributed by atoms with E-state index < -0.39 is 66.7 Å².